The predicted octanol–water partition coefficient (Wildman–Crippen LogP) is 4.72. The molecule has 1 spiro atoms. The topological polar surface area (TPSA) is 87.1 Å². The van der Waals surface area contributed by atoms with E-state index in [0.29, 0.717) is 30.6 Å². The molecule has 190 valence electrons. The highest BCUT2D eigenvalue weighted by Gasteiger charge is 2.65. The molecule has 1 aromatic rings. The lowest BCUT2D eigenvalue weighted by atomic mass is 9.52. The van der Waals surface area contributed by atoms with Crippen molar-refractivity contribution in [3.63, 3.8) is 0 Å². The third kappa shape index (κ3) is 3.59. The summed E-state index contributed by atoms with van der Waals surface area (Å²) in [7, 11) is 2.12. The molecule has 2 aliphatic heterocycles. The Morgan fingerprint density at radius 3 is 2.37 bits per heavy atom. The first-order valence-corrected chi connectivity index (χ1v) is 13.6. The van der Waals surface area contributed by atoms with Gasteiger partial charge in [-0.2, -0.15) is 0 Å². The van der Waals surface area contributed by atoms with Crippen molar-refractivity contribution in [3.05, 3.63) is 34.4 Å². The highest BCUT2D eigenvalue weighted by atomic mass is 16.5. The maximum atomic E-state index is 13.8. The van der Waals surface area contributed by atoms with Gasteiger partial charge in [-0.3, -0.25) is 9.59 Å². The smallest absolute Gasteiger partial charge is 0.169 e. The number of phenolic OH excluding ortho intramolecular Hbond substituents is 1. The van der Waals surface area contributed by atoms with E-state index in [1.165, 1.54) is 0 Å². The van der Waals surface area contributed by atoms with E-state index in [1.807, 2.05) is 6.08 Å². The Balaban J connectivity index is 1.71. The lowest BCUT2D eigenvalue weighted by molar-refractivity contribution is -0.0453. The molecule has 1 fully saturated rings. The van der Waals surface area contributed by atoms with Crippen LogP contribution in [0.4, 0.5) is 0 Å². The van der Waals surface area contributed by atoms with Crippen LogP contribution in [0.25, 0.3) is 0 Å². The number of carbonyl (C=O) groups excluding carboxylic acids is 2. The molecule has 0 unspecified atom stereocenters. The Hall–Kier alpha value is -2.18. The molecule has 2 heterocycles. The van der Waals surface area contributed by atoms with Crippen LogP contribution in [-0.4, -0.2) is 58.5 Å². The number of hydrogen-bond acceptors (Lipinski definition) is 6. The predicted molar refractivity (Wildman–Crippen MR) is 135 cm³/mol. The molecule has 1 saturated heterocycles. The van der Waals surface area contributed by atoms with Crippen LogP contribution in [0.15, 0.2) is 12.2 Å². The zero-order chi connectivity index (χ0) is 24.9. The minimum absolute atomic E-state index is 0.0451. The van der Waals surface area contributed by atoms with Crippen molar-refractivity contribution in [1.29, 1.82) is 0 Å². The Morgan fingerprint density at radius 2 is 1.71 bits per heavy atom. The number of nitrogens with zero attached hydrogens (tertiary/aromatic N) is 1. The molecule has 2 bridgehead atoms. The minimum Gasteiger partial charge on any atom is -0.504 e. The summed E-state index contributed by atoms with van der Waals surface area (Å²) in [6, 6.07) is 0.159. The summed E-state index contributed by atoms with van der Waals surface area (Å²) in [6.45, 7) is 5.05. The molecule has 4 aliphatic rings. The van der Waals surface area contributed by atoms with Crippen molar-refractivity contribution >= 4 is 11.6 Å². The monoisotopic (exact) mass is 481 g/mol. The van der Waals surface area contributed by atoms with Gasteiger partial charge in [-0.1, -0.05) is 51.7 Å². The Kier molecular flexibility index (Phi) is 6.56. The number of aromatic hydroxyl groups is 1. The number of hydrogen-bond donors (Lipinski definition) is 2. The van der Waals surface area contributed by atoms with Gasteiger partial charge in [-0.05, 0) is 44.8 Å². The SMILES string of the molecule is CCCCCC(=O)c1c(O)c2c3c(c1C(=O)CCCCC)C[C@@H]1[C@@H]4C=C[C@H](O)[C@H](O2)[C@]34CCN1C. The first kappa shape index (κ1) is 24.5. The highest BCUT2D eigenvalue weighted by molar-refractivity contribution is 6.12. The van der Waals surface area contributed by atoms with Crippen LogP contribution in [0.5, 0.6) is 11.5 Å². The molecular formula is C29H39NO5. The summed E-state index contributed by atoms with van der Waals surface area (Å²) < 4.78 is 6.37. The summed E-state index contributed by atoms with van der Waals surface area (Å²) >= 11 is 0. The minimum atomic E-state index is -0.791. The molecule has 0 saturated carbocycles. The first-order valence-electron chi connectivity index (χ1n) is 13.6. The van der Waals surface area contributed by atoms with Crippen LogP contribution in [0.1, 0.15) is 103 Å². The molecule has 5 atom stereocenters. The number of benzene rings is 1. The van der Waals surface area contributed by atoms with Gasteiger partial charge in [-0.25, -0.2) is 0 Å². The van der Waals surface area contributed by atoms with Gasteiger partial charge in [0.15, 0.2) is 23.1 Å². The van der Waals surface area contributed by atoms with Crippen molar-refractivity contribution in [2.24, 2.45) is 5.92 Å². The Bertz CT molecular complexity index is 1060. The standard InChI is InChI=1S/C29H39NO5/c1-4-6-8-10-20(31)23-17-16-19-18-12-13-22(33)28-29(18,14-15-30(19)3)25(17)27(35-28)26(34)24(23)21(32)11-9-7-5-2/h12-13,18-19,22,28,33-34H,4-11,14-16H2,1-3H3/t18-,19+,22-,28-,29-/m0/s1. The molecule has 1 aromatic carbocycles. The number of aliphatic hydroxyl groups excluding tert-OH is 1. The summed E-state index contributed by atoms with van der Waals surface area (Å²) in [5.74, 6) is 0.0679. The van der Waals surface area contributed by atoms with E-state index in [0.717, 1.165) is 62.6 Å². The van der Waals surface area contributed by atoms with E-state index in [9.17, 15) is 19.8 Å². The maximum absolute atomic E-state index is 13.8. The molecule has 6 nitrogen and oxygen atoms in total. The number of aliphatic hydroxyl groups is 1. The summed E-state index contributed by atoms with van der Waals surface area (Å²) in [5, 5.41) is 22.5. The van der Waals surface area contributed by atoms with Gasteiger partial charge in [0.25, 0.3) is 0 Å². The van der Waals surface area contributed by atoms with Crippen molar-refractivity contribution in [3.8, 4) is 11.5 Å². The second-order valence-electron chi connectivity index (χ2n) is 11.0. The summed E-state index contributed by atoms with van der Waals surface area (Å²) in [6.07, 6.45) is 10.1. The lowest BCUT2D eigenvalue weighted by Crippen LogP contribution is -2.65. The molecule has 0 aromatic heterocycles. The number of piperidine rings is 1. The van der Waals surface area contributed by atoms with E-state index in [-0.39, 0.29) is 34.8 Å². The van der Waals surface area contributed by atoms with Crippen molar-refractivity contribution < 1.29 is 24.5 Å². The second-order valence-corrected chi connectivity index (χ2v) is 11.0. The van der Waals surface area contributed by atoms with Gasteiger partial charge >= 0.3 is 0 Å². The average molecular weight is 482 g/mol. The number of phenols is 1. The Labute approximate surface area is 208 Å². The van der Waals surface area contributed by atoms with Gasteiger partial charge in [-0.15, -0.1) is 0 Å². The normalized spacial score (nSPS) is 30.2. The van der Waals surface area contributed by atoms with Crippen LogP contribution in [0.3, 0.4) is 0 Å². The van der Waals surface area contributed by atoms with E-state index < -0.39 is 17.6 Å². The number of rotatable bonds is 10. The van der Waals surface area contributed by atoms with E-state index >= 15 is 0 Å². The van der Waals surface area contributed by atoms with Gasteiger partial charge < -0.3 is 19.8 Å². The van der Waals surface area contributed by atoms with E-state index in [1.54, 1.807) is 0 Å². The van der Waals surface area contributed by atoms with Crippen LogP contribution in [0, 0.1) is 5.92 Å². The number of carbonyl (C=O) groups is 2. The molecule has 0 amide bonds. The number of Topliss-reactive ketones (excluding diaryl/α,β-unsaturated/α-hetero) is 2. The average Bonchev–Trinajstić information content (AvgIpc) is 3.19. The van der Waals surface area contributed by atoms with E-state index in [4.69, 9.17) is 4.74 Å². The number of unbranched alkanes of at least 4 members (excludes halogenated alkanes) is 4. The number of likely N-dealkylation sites (tertiary alicyclic amines) is 1. The van der Waals surface area contributed by atoms with Gasteiger partial charge in [0, 0.05) is 41.3 Å². The molecule has 2 N–H and O–H groups in total. The second kappa shape index (κ2) is 9.36. The number of likely N-dealkylation sites (N-methyl/N-ethyl adjacent to an activating group) is 1. The van der Waals surface area contributed by atoms with E-state index in [2.05, 4.69) is 31.9 Å². The zero-order valence-corrected chi connectivity index (χ0v) is 21.3. The lowest BCUT2D eigenvalue weighted by Gasteiger charge is -2.56. The molecule has 0 radical (unpaired) electrons. The van der Waals surface area contributed by atoms with Gasteiger partial charge in [0.05, 0.1) is 5.56 Å². The summed E-state index contributed by atoms with van der Waals surface area (Å²) in [5.41, 5.74) is 1.89. The number of ether oxygens (including phenoxy) is 1. The van der Waals surface area contributed by atoms with Crippen LogP contribution < -0.4 is 4.74 Å². The quantitative estimate of drug-likeness (QED) is 0.286. The fraction of sp³-hybridized carbons (Fsp3) is 0.655. The fourth-order valence-corrected chi connectivity index (χ4v) is 7.28. The van der Waals surface area contributed by atoms with Crippen LogP contribution >= 0.6 is 0 Å². The third-order valence-corrected chi connectivity index (χ3v) is 9.02. The fourth-order valence-electron chi connectivity index (χ4n) is 7.28. The van der Waals surface area contributed by atoms with Gasteiger partial charge in [0.2, 0.25) is 0 Å². The van der Waals surface area contributed by atoms with Gasteiger partial charge in [0.1, 0.15) is 12.2 Å². The van der Waals surface area contributed by atoms with Crippen LogP contribution in [-0.2, 0) is 11.8 Å². The Morgan fingerprint density at radius 1 is 1.06 bits per heavy atom. The first-order chi connectivity index (χ1) is 16.9. The largest absolute Gasteiger partial charge is 0.504 e. The van der Waals surface area contributed by atoms with Crippen molar-refractivity contribution in [2.75, 3.05) is 13.6 Å². The molecular weight excluding hydrogens is 442 g/mol. The van der Waals surface area contributed by atoms with Crippen molar-refractivity contribution in [1.82, 2.24) is 4.90 Å². The highest BCUT2D eigenvalue weighted by Crippen LogP contribution is 2.63. The van der Waals surface area contributed by atoms with Crippen molar-refractivity contribution in [2.45, 2.75) is 102 Å². The maximum Gasteiger partial charge on any atom is 0.169 e. The molecule has 2 aliphatic carbocycles. The van der Waals surface area contributed by atoms with Crippen LogP contribution in [0.2, 0.25) is 0 Å². The zero-order valence-electron chi connectivity index (χ0n) is 21.3. The molecule has 5 rings (SSSR count). The molecule has 6 heteroatoms. The molecule has 35 heavy (non-hydrogen) atoms. The summed E-state index contributed by atoms with van der Waals surface area (Å²) in [4.78, 5) is 29.6. The number of ketones is 2. The third-order valence-electron chi connectivity index (χ3n) is 9.02.